The van der Waals surface area contributed by atoms with Crippen LogP contribution in [0.25, 0.3) is 11.5 Å². The van der Waals surface area contributed by atoms with Gasteiger partial charge in [-0.3, -0.25) is 9.89 Å². The minimum absolute atomic E-state index is 0.152. The van der Waals surface area contributed by atoms with E-state index in [0.717, 1.165) is 18.5 Å². The smallest absolute Gasteiger partial charge is 0.172 e. The summed E-state index contributed by atoms with van der Waals surface area (Å²) in [6.07, 6.45) is 3.31. The van der Waals surface area contributed by atoms with E-state index >= 15 is 0 Å². The molecule has 2 aromatic heterocycles. The first kappa shape index (κ1) is 10.3. The molecule has 1 aliphatic carbocycles. The third-order valence-electron chi connectivity index (χ3n) is 3.44. The van der Waals surface area contributed by atoms with E-state index < -0.39 is 0 Å². The number of aromatic amines is 1. The molecule has 0 aliphatic heterocycles. The summed E-state index contributed by atoms with van der Waals surface area (Å²) in [7, 11) is 0. The Morgan fingerprint density at radius 2 is 2.29 bits per heavy atom. The molecule has 17 heavy (non-hydrogen) atoms. The lowest BCUT2D eigenvalue weighted by atomic mass is 9.74. The Balaban J connectivity index is 2.17. The van der Waals surface area contributed by atoms with Gasteiger partial charge in [0.25, 0.3) is 0 Å². The first-order valence-electron chi connectivity index (χ1n) is 5.75. The van der Waals surface area contributed by atoms with E-state index in [9.17, 15) is 4.79 Å². The number of hydrogen-bond acceptors (Lipinski definition) is 3. The summed E-state index contributed by atoms with van der Waals surface area (Å²) in [4.78, 5) is 12.4. The molecule has 0 radical (unpaired) electrons. The van der Waals surface area contributed by atoms with Gasteiger partial charge in [-0.15, -0.1) is 0 Å². The molecule has 1 aliphatic rings. The molecule has 0 unspecified atom stereocenters. The Labute approximate surface area is 99.0 Å². The van der Waals surface area contributed by atoms with Crippen LogP contribution in [0.5, 0.6) is 0 Å². The number of furan rings is 1. The Hall–Kier alpha value is -1.84. The number of carbonyl (C=O) groups excluding carboxylic acids is 1. The molecule has 0 saturated heterocycles. The molecule has 0 aromatic carbocycles. The molecule has 88 valence electrons. The number of hydrogen-bond donors (Lipinski definition) is 1. The lowest BCUT2D eigenvalue weighted by Gasteiger charge is -2.27. The molecule has 0 atom stereocenters. The van der Waals surface area contributed by atoms with Gasteiger partial charge >= 0.3 is 0 Å². The number of H-pyrrole nitrogens is 1. The monoisotopic (exact) mass is 230 g/mol. The van der Waals surface area contributed by atoms with Crippen LogP contribution in [0.3, 0.4) is 0 Å². The molecule has 0 spiro atoms. The second-order valence-electron chi connectivity index (χ2n) is 5.12. The number of aromatic nitrogens is 2. The third kappa shape index (κ3) is 1.44. The van der Waals surface area contributed by atoms with Gasteiger partial charge in [0.15, 0.2) is 11.5 Å². The van der Waals surface area contributed by atoms with E-state index in [1.807, 2.05) is 19.9 Å². The van der Waals surface area contributed by atoms with Crippen molar-refractivity contribution < 1.29 is 9.21 Å². The molecule has 4 heteroatoms. The van der Waals surface area contributed by atoms with Crippen molar-refractivity contribution in [2.75, 3.05) is 0 Å². The lowest BCUT2D eigenvalue weighted by Crippen LogP contribution is -2.30. The second kappa shape index (κ2) is 3.32. The summed E-state index contributed by atoms with van der Waals surface area (Å²) in [5.74, 6) is 0.799. The van der Waals surface area contributed by atoms with Crippen LogP contribution in [-0.2, 0) is 6.42 Å². The highest BCUT2D eigenvalue weighted by Gasteiger charge is 2.38. The second-order valence-corrected chi connectivity index (χ2v) is 5.12. The van der Waals surface area contributed by atoms with Crippen LogP contribution in [0.4, 0.5) is 0 Å². The molecule has 4 nitrogen and oxygen atoms in total. The number of carbonyl (C=O) groups is 1. The maximum absolute atomic E-state index is 12.4. The van der Waals surface area contributed by atoms with Gasteiger partial charge in [0.2, 0.25) is 0 Å². The Morgan fingerprint density at radius 1 is 1.47 bits per heavy atom. The van der Waals surface area contributed by atoms with Crippen molar-refractivity contribution in [2.24, 2.45) is 5.41 Å². The van der Waals surface area contributed by atoms with Gasteiger partial charge in [-0.1, -0.05) is 13.8 Å². The van der Waals surface area contributed by atoms with Crippen molar-refractivity contribution in [3.63, 3.8) is 0 Å². The van der Waals surface area contributed by atoms with Crippen LogP contribution in [0.15, 0.2) is 22.8 Å². The maximum atomic E-state index is 12.4. The van der Waals surface area contributed by atoms with Crippen LogP contribution >= 0.6 is 0 Å². The zero-order valence-corrected chi connectivity index (χ0v) is 9.91. The van der Waals surface area contributed by atoms with E-state index in [-0.39, 0.29) is 11.2 Å². The Kier molecular flexibility index (Phi) is 2.02. The van der Waals surface area contributed by atoms with Crippen molar-refractivity contribution in [3.8, 4) is 11.5 Å². The van der Waals surface area contributed by atoms with Crippen molar-refractivity contribution in [2.45, 2.75) is 26.7 Å². The van der Waals surface area contributed by atoms with E-state index in [4.69, 9.17) is 4.42 Å². The minimum Gasteiger partial charge on any atom is -0.463 e. The fraction of sp³-hybridized carbons (Fsp3) is 0.385. The molecular weight excluding hydrogens is 216 g/mol. The van der Waals surface area contributed by atoms with Crippen LogP contribution in [0.2, 0.25) is 0 Å². The van der Waals surface area contributed by atoms with E-state index in [2.05, 4.69) is 10.2 Å². The fourth-order valence-corrected chi connectivity index (χ4v) is 2.28. The van der Waals surface area contributed by atoms with Crippen LogP contribution in [0, 0.1) is 5.41 Å². The fourth-order valence-electron chi connectivity index (χ4n) is 2.28. The number of ketones is 1. The first-order valence-corrected chi connectivity index (χ1v) is 5.75. The van der Waals surface area contributed by atoms with Crippen molar-refractivity contribution in [1.82, 2.24) is 10.2 Å². The average molecular weight is 230 g/mol. The van der Waals surface area contributed by atoms with Crippen LogP contribution < -0.4 is 0 Å². The number of nitrogens with one attached hydrogen (secondary N) is 1. The largest absolute Gasteiger partial charge is 0.463 e. The highest BCUT2D eigenvalue weighted by Crippen LogP contribution is 2.38. The van der Waals surface area contributed by atoms with Crippen molar-refractivity contribution in [1.29, 1.82) is 0 Å². The quantitative estimate of drug-likeness (QED) is 0.819. The minimum atomic E-state index is -0.307. The Bertz CT molecular complexity index is 564. The predicted octanol–water partition coefficient (Wildman–Crippen LogP) is 2.82. The third-order valence-corrected chi connectivity index (χ3v) is 3.44. The predicted molar refractivity (Wildman–Crippen MR) is 62.7 cm³/mol. The summed E-state index contributed by atoms with van der Waals surface area (Å²) in [6.45, 7) is 3.97. The van der Waals surface area contributed by atoms with Gasteiger partial charge in [0, 0.05) is 11.1 Å². The number of fused-ring (bicyclic) bond motifs is 1. The number of aryl methyl sites for hydroxylation is 1. The van der Waals surface area contributed by atoms with E-state index in [1.165, 1.54) is 0 Å². The first-order chi connectivity index (χ1) is 8.09. The van der Waals surface area contributed by atoms with Crippen LogP contribution in [0.1, 0.15) is 36.3 Å². The maximum Gasteiger partial charge on any atom is 0.172 e. The van der Waals surface area contributed by atoms with Gasteiger partial charge in [0.05, 0.1) is 11.8 Å². The van der Waals surface area contributed by atoms with Gasteiger partial charge in [-0.05, 0) is 25.0 Å². The number of rotatable bonds is 1. The highest BCUT2D eigenvalue weighted by atomic mass is 16.3. The summed E-state index contributed by atoms with van der Waals surface area (Å²) in [6, 6.07) is 3.63. The zero-order chi connectivity index (χ0) is 12.0. The van der Waals surface area contributed by atoms with Gasteiger partial charge in [0.1, 0.15) is 5.69 Å². The summed E-state index contributed by atoms with van der Waals surface area (Å²) >= 11 is 0. The molecule has 0 saturated carbocycles. The van der Waals surface area contributed by atoms with Gasteiger partial charge in [-0.2, -0.15) is 5.10 Å². The van der Waals surface area contributed by atoms with E-state index in [1.54, 1.807) is 12.3 Å². The highest BCUT2D eigenvalue weighted by molar-refractivity contribution is 6.06. The molecule has 0 amide bonds. The summed E-state index contributed by atoms with van der Waals surface area (Å²) in [5.41, 5.74) is 1.97. The molecule has 2 heterocycles. The van der Waals surface area contributed by atoms with E-state index in [0.29, 0.717) is 17.0 Å². The average Bonchev–Trinajstić information content (AvgIpc) is 2.92. The molecule has 0 fully saturated rings. The van der Waals surface area contributed by atoms with Gasteiger partial charge < -0.3 is 4.42 Å². The lowest BCUT2D eigenvalue weighted by molar-refractivity contribution is 0.0811. The Morgan fingerprint density at radius 3 is 3.00 bits per heavy atom. The van der Waals surface area contributed by atoms with Crippen LogP contribution in [-0.4, -0.2) is 16.0 Å². The van der Waals surface area contributed by atoms with Crippen molar-refractivity contribution >= 4 is 5.78 Å². The standard InChI is InChI=1S/C13H14N2O2/c1-13(2)6-5-8-10(12(13)16)11(15-14-8)9-4-3-7-17-9/h3-4,7H,5-6H2,1-2H3,(H,14,15). The van der Waals surface area contributed by atoms with Crippen molar-refractivity contribution in [3.05, 3.63) is 29.7 Å². The normalized spacial score (nSPS) is 18.1. The molecule has 3 rings (SSSR count). The topological polar surface area (TPSA) is 58.9 Å². The number of nitrogens with zero attached hydrogens (tertiary/aromatic N) is 1. The zero-order valence-electron chi connectivity index (χ0n) is 9.91. The SMILES string of the molecule is CC1(C)CCc2[nH]nc(-c3ccco3)c2C1=O. The summed E-state index contributed by atoms with van der Waals surface area (Å²) in [5, 5.41) is 7.17. The number of Topliss-reactive ketones (excluding diaryl/α,β-unsaturated/α-hetero) is 1. The molecule has 0 bridgehead atoms. The molecular formula is C13H14N2O2. The molecule has 2 aromatic rings. The molecule has 1 N–H and O–H groups in total. The van der Waals surface area contributed by atoms with Gasteiger partial charge in [-0.25, -0.2) is 0 Å². The summed E-state index contributed by atoms with van der Waals surface area (Å²) < 4.78 is 5.33.